The van der Waals surface area contributed by atoms with Crippen LogP contribution in [0.15, 0.2) is 12.7 Å². The molecule has 0 aliphatic carbocycles. The van der Waals surface area contributed by atoms with E-state index in [1.54, 1.807) is 6.08 Å². The molecule has 0 bridgehead atoms. The summed E-state index contributed by atoms with van der Waals surface area (Å²) in [5.74, 6) is -0.305. The number of hydrogen-bond acceptors (Lipinski definition) is 4. The number of imide groups is 1. The first-order chi connectivity index (χ1) is 8.11. The Morgan fingerprint density at radius 1 is 1.59 bits per heavy atom. The van der Waals surface area contributed by atoms with E-state index < -0.39 is 6.03 Å². The average molecular weight is 241 g/mol. The number of rotatable bonds is 4. The van der Waals surface area contributed by atoms with Gasteiger partial charge in [0.25, 0.3) is 0 Å². The summed E-state index contributed by atoms with van der Waals surface area (Å²) in [7, 11) is 0. The van der Waals surface area contributed by atoms with Crippen LogP contribution < -0.4 is 10.6 Å². The van der Waals surface area contributed by atoms with Gasteiger partial charge in [0.15, 0.2) is 0 Å². The van der Waals surface area contributed by atoms with E-state index in [4.69, 9.17) is 4.74 Å². The van der Waals surface area contributed by atoms with Crippen LogP contribution in [0.5, 0.6) is 0 Å². The fourth-order valence-electron chi connectivity index (χ4n) is 1.61. The summed E-state index contributed by atoms with van der Waals surface area (Å²) in [6.45, 7) is 8.03. The number of nitrogens with zero attached hydrogens (tertiary/aromatic N) is 1. The molecule has 96 valence electrons. The van der Waals surface area contributed by atoms with E-state index in [9.17, 15) is 9.59 Å². The monoisotopic (exact) mass is 241 g/mol. The number of ether oxygens (including phenoxy) is 1. The highest BCUT2D eigenvalue weighted by Crippen LogP contribution is 2.03. The third-order valence-corrected chi connectivity index (χ3v) is 2.35. The van der Waals surface area contributed by atoms with Crippen LogP contribution in [0.25, 0.3) is 0 Å². The van der Waals surface area contributed by atoms with Gasteiger partial charge in [0.1, 0.15) is 0 Å². The molecule has 3 amide bonds. The molecule has 0 spiro atoms. The summed E-state index contributed by atoms with van der Waals surface area (Å²) in [5, 5.41) is 4.73. The van der Waals surface area contributed by atoms with Crippen molar-refractivity contribution in [2.45, 2.75) is 13.0 Å². The topological polar surface area (TPSA) is 70.7 Å². The summed E-state index contributed by atoms with van der Waals surface area (Å²) >= 11 is 0. The molecule has 0 aromatic rings. The normalized spacial score (nSPS) is 20.6. The first-order valence-electron chi connectivity index (χ1n) is 5.64. The Morgan fingerprint density at radius 3 is 3.00 bits per heavy atom. The Balaban J connectivity index is 2.24. The van der Waals surface area contributed by atoms with Crippen LogP contribution in [0.3, 0.4) is 0 Å². The lowest BCUT2D eigenvalue weighted by atomic mass is 10.3. The molecule has 17 heavy (non-hydrogen) atoms. The standard InChI is InChI=1S/C11H19N3O3/c1-3-4-12-11(16)13-10(15)8-14-5-6-17-9(2)7-14/h3,9H,1,4-8H2,2H3,(H2,12,13,15,16). The molecule has 0 aromatic heterocycles. The number of urea groups is 1. The average Bonchev–Trinajstić information content (AvgIpc) is 2.26. The van der Waals surface area contributed by atoms with Crippen molar-refractivity contribution in [3.05, 3.63) is 12.7 Å². The minimum Gasteiger partial charge on any atom is -0.376 e. The second kappa shape index (κ2) is 7.03. The number of carbonyl (C=O) groups excluding carboxylic acids is 2. The number of carbonyl (C=O) groups is 2. The predicted octanol–water partition coefficient (Wildman–Crippen LogP) is -0.281. The summed E-state index contributed by atoms with van der Waals surface area (Å²) in [5.41, 5.74) is 0. The fourth-order valence-corrected chi connectivity index (χ4v) is 1.61. The highest BCUT2D eigenvalue weighted by Gasteiger charge is 2.19. The van der Waals surface area contributed by atoms with E-state index in [-0.39, 0.29) is 18.6 Å². The molecule has 0 radical (unpaired) electrons. The third-order valence-electron chi connectivity index (χ3n) is 2.35. The Morgan fingerprint density at radius 2 is 2.35 bits per heavy atom. The van der Waals surface area contributed by atoms with Crippen LogP contribution in [0.2, 0.25) is 0 Å². The van der Waals surface area contributed by atoms with Crippen molar-refractivity contribution in [1.82, 2.24) is 15.5 Å². The lowest BCUT2D eigenvalue weighted by molar-refractivity contribution is -0.122. The number of amides is 3. The van der Waals surface area contributed by atoms with Crippen LogP contribution >= 0.6 is 0 Å². The maximum atomic E-state index is 11.5. The Labute approximate surface area is 101 Å². The Hall–Kier alpha value is -1.40. The van der Waals surface area contributed by atoms with Crippen molar-refractivity contribution >= 4 is 11.9 Å². The van der Waals surface area contributed by atoms with Gasteiger partial charge in [-0.3, -0.25) is 15.0 Å². The van der Waals surface area contributed by atoms with Gasteiger partial charge >= 0.3 is 6.03 Å². The van der Waals surface area contributed by atoms with E-state index >= 15 is 0 Å². The third kappa shape index (κ3) is 5.46. The van der Waals surface area contributed by atoms with Gasteiger partial charge in [0.2, 0.25) is 5.91 Å². The predicted molar refractivity (Wildman–Crippen MR) is 63.6 cm³/mol. The first-order valence-corrected chi connectivity index (χ1v) is 5.64. The van der Waals surface area contributed by atoms with Crippen LogP contribution in [-0.2, 0) is 9.53 Å². The van der Waals surface area contributed by atoms with Gasteiger partial charge in [-0.1, -0.05) is 6.08 Å². The van der Waals surface area contributed by atoms with Crippen molar-refractivity contribution in [2.24, 2.45) is 0 Å². The van der Waals surface area contributed by atoms with Gasteiger partial charge in [-0.2, -0.15) is 0 Å². The van der Waals surface area contributed by atoms with E-state index in [0.29, 0.717) is 26.2 Å². The molecule has 1 rings (SSSR count). The molecule has 1 aliphatic rings. The molecule has 2 N–H and O–H groups in total. The van der Waals surface area contributed by atoms with Crippen molar-refractivity contribution in [2.75, 3.05) is 32.8 Å². The molecule has 1 fully saturated rings. The summed E-state index contributed by atoms with van der Waals surface area (Å²) in [6.07, 6.45) is 1.68. The van der Waals surface area contributed by atoms with E-state index in [2.05, 4.69) is 17.2 Å². The van der Waals surface area contributed by atoms with Crippen LogP contribution in [0.4, 0.5) is 4.79 Å². The quantitative estimate of drug-likeness (QED) is 0.664. The smallest absolute Gasteiger partial charge is 0.321 e. The summed E-state index contributed by atoms with van der Waals surface area (Å²) < 4.78 is 5.36. The lowest BCUT2D eigenvalue weighted by Crippen LogP contribution is -2.48. The molecule has 6 nitrogen and oxygen atoms in total. The molecular weight excluding hydrogens is 222 g/mol. The first kappa shape index (κ1) is 13.7. The number of nitrogens with one attached hydrogen (secondary N) is 2. The van der Waals surface area contributed by atoms with Crippen molar-refractivity contribution < 1.29 is 14.3 Å². The summed E-state index contributed by atoms with van der Waals surface area (Å²) in [4.78, 5) is 24.7. The zero-order chi connectivity index (χ0) is 12.7. The molecule has 0 saturated carbocycles. The van der Waals surface area contributed by atoms with E-state index in [0.717, 1.165) is 0 Å². The highest BCUT2D eigenvalue weighted by atomic mass is 16.5. The van der Waals surface area contributed by atoms with Gasteiger partial charge < -0.3 is 10.1 Å². The van der Waals surface area contributed by atoms with E-state index in [1.165, 1.54) is 0 Å². The molecule has 1 aliphatic heterocycles. The van der Waals surface area contributed by atoms with Gasteiger partial charge in [0.05, 0.1) is 19.3 Å². The maximum Gasteiger partial charge on any atom is 0.321 e. The van der Waals surface area contributed by atoms with Crippen LogP contribution in [-0.4, -0.2) is 55.7 Å². The van der Waals surface area contributed by atoms with Gasteiger partial charge in [0, 0.05) is 19.6 Å². The van der Waals surface area contributed by atoms with Crippen LogP contribution in [0, 0.1) is 0 Å². The second-order valence-electron chi connectivity index (χ2n) is 3.96. The highest BCUT2D eigenvalue weighted by molar-refractivity contribution is 5.95. The minimum absolute atomic E-state index is 0.131. The molecule has 1 saturated heterocycles. The van der Waals surface area contributed by atoms with Crippen molar-refractivity contribution in [3.8, 4) is 0 Å². The van der Waals surface area contributed by atoms with Crippen molar-refractivity contribution in [3.63, 3.8) is 0 Å². The van der Waals surface area contributed by atoms with Gasteiger partial charge in [-0.15, -0.1) is 6.58 Å². The summed E-state index contributed by atoms with van der Waals surface area (Å²) in [6, 6.07) is -0.490. The molecule has 0 aromatic carbocycles. The molecule has 1 unspecified atom stereocenters. The molecule has 6 heteroatoms. The van der Waals surface area contributed by atoms with Gasteiger partial charge in [-0.25, -0.2) is 4.79 Å². The largest absolute Gasteiger partial charge is 0.376 e. The minimum atomic E-state index is -0.490. The van der Waals surface area contributed by atoms with Gasteiger partial charge in [-0.05, 0) is 6.92 Å². The second-order valence-corrected chi connectivity index (χ2v) is 3.96. The number of hydrogen-bond donors (Lipinski definition) is 2. The molecule has 1 atom stereocenters. The maximum absolute atomic E-state index is 11.5. The zero-order valence-corrected chi connectivity index (χ0v) is 10.1. The lowest BCUT2D eigenvalue weighted by Gasteiger charge is -2.30. The molecule has 1 heterocycles. The van der Waals surface area contributed by atoms with Crippen molar-refractivity contribution in [1.29, 1.82) is 0 Å². The number of morpholine rings is 1. The zero-order valence-electron chi connectivity index (χ0n) is 10.1. The Kier molecular flexibility index (Phi) is 5.65. The molecular formula is C11H19N3O3. The Bertz CT molecular complexity index is 294. The van der Waals surface area contributed by atoms with Crippen LogP contribution in [0.1, 0.15) is 6.92 Å². The fraction of sp³-hybridized carbons (Fsp3) is 0.636. The SMILES string of the molecule is C=CCNC(=O)NC(=O)CN1CCOC(C)C1. The van der Waals surface area contributed by atoms with E-state index in [1.807, 2.05) is 11.8 Å².